The van der Waals surface area contributed by atoms with Crippen LogP contribution in [-0.4, -0.2) is 17.3 Å². The maximum Gasteiger partial charge on any atom is 0.223 e. The molecule has 0 aliphatic carbocycles. The van der Waals surface area contributed by atoms with Gasteiger partial charge in [-0.25, -0.2) is 4.39 Å². The smallest absolute Gasteiger partial charge is 0.223 e. The van der Waals surface area contributed by atoms with Gasteiger partial charge in [-0.1, -0.05) is 11.2 Å². The summed E-state index contributed by atoms with van der Waals surface area (Å²) in [6.07, 6.45) is 0. The molecular formula is C12H14FN3O2. The maximum absolute atomic E-state index is 13.6. The number of methoxy groups -OCH3 is 1. The summed E-state index contributed by atoms with van der Waals surface area (Å²) in [4.78, 5) is 4.04. The SMILES string of the molecule is COc1ccc(CNCc2noc(C)n2)c(F)c1. The normalized spacial score (nSPS) is 10.6. The van der Waals surface area contributed by atoms with Gasteiger partial charge >= 0.3 is 0 Å². The molecule has 0 aliphatic heterocycles. The fraction of sp³-hybridized carbons (Fsp3) is 0.333. The van der Waals surface area contributed by atoms with Crippen LogP contribution in [0.15, 0.2) is 22.7 Å². The van der Waals surface area contributed by atoms with Gasteiger partial charge in [0.05, 0.1) is 13.7 Å². The Bertz CT molecular complexity index is 528. The van der Waals surface area contributed by atoms with E-state index in [0.717, 1.165) is 0 Å². The van der Waals surface area contributed by atoms with Crippen LogP contribution in [0.1, 0.15) is 17.3 Å². The van der Waals surface area contributed by atoms with Crippen molar-refractivity contribution in [1.29, 1.82) is 0 Å². The van der Waals surface area contributed by atoms with Gasteiger partial charge in [-0.2, -0.15) is 4.98 Å². The summed E-state index contributed by atoms with van der Waals surface area (Å²) in [5.41, 5.74) is 0.566. The third kappa shape index (κ3) is 3.04. The third-order valence-corrected chi connectivity index (χ3v) is 2.43. The molecule has 18 heavy (non-hydrogen) atoms. The van der Waals surface area contributed by atoms with Crippen LogP contribution in [0.5, 0.6) is 5.75 Å². The average Bonchev–Trinajstić information content (AvgIpc) is 2.77. The number of nitrogens with one attached hydrogen (secondary N) is 1. The van der Waals surface area contributed by atoms with Gasteiger partial charge in [0.25, 0.3) is 0 Å². The van der Waals surface area contributed by atoms with Crippen LogP contribution in [0, 0.1) is 12.7 Å². The van der Waals surface area contributed by atoms with E-state index >= 15 is 0 Å². The topological polar surface area (TPSA) is 60.2 Å². The molecule has 1 aromatic carbocycles. The zero-order valence-electron chi connectivity index (χ0n) is 10.2. The van der Waals surface area contributed by atoms with E-state index in [1.54, 1.807) is 19.1 Å². The van der Waals surface area contributed by atoms with E-state index in [-0.39, 0.29) is 5.82 Å². The number of aromatic nitrogens is 2. The van der Waals surface area contributed by atoms with Crippen LogP contribution >= 0.6 is 0 Å². The quantitative estimate of drug-likeness (QED) is 0.878. The van der Waals surface area contributed by atoms with Crippen LogP contribution in [0.4, 0.5) is 4.39 Å². The summed E-state index contributed by atoms with van der Waals surface area (Å²) in [5.74, 6) is 1.28. The lowest BCUT2D eigenvalue weighted by atomic mass is 10.2. The highest BCUT2D eigenvalue weighted by Gasteiger charge is 2.05. The molecule has 2 rings (SSSR count). The van der Waals surface area contributed by atoms with E-state index in [1.165, 1.54) is 13.2 Å². The van der Waals surface area contributed by atoms with Crippen molar-refractivity contribution in [2.45, 2.75) is 20.0 Å². The van der Waals surface area contributed by atoms with Gasteiger partial charge in [0.2, 0.25) is 5.89 Å². The van der Waals surface area contributed by atoms with Crippen molar-refractivity contribution in [2.24, 2.45) is 0 Å². The Labute approximate surface area is 104 Å². The minimum Gasteiger partial charge on any atom is -0.497 e. The maximum atomic E-state index is 13.6. The predicted octanol–water partition coefficient (Wildman–Crippen LogP) is 1.82. The van der Waals surface area contributed by atoms with E-state index in [1.807, 2.05) is 0 Å². The number of nitrogens with zero attached hydrogens (tertiary/aromatic N) is 2. The molecule has 0 aliphatic rings. The zero-order chi connectivity index (χ0) is 13.0. The van der Waals surface area contributed by atoms with Crippen LogP contribution in [0.2, 0.25) is 0 Å². The second-order valence-electron chi connectivity index (χ2n) is 3.79. The number of ether oxygens (including phenoxy) is 1. The lowest BCUT2D eigenvalue weighted by Gasteiger charge is -2.06. The Morgan fingerprint density at radius 3 is 2.83 bits per heavy atom. The predicted molar refractivity (Wildman–Crippen MR) is 62.5 cm³/mol. The van der Waals surface area contributed by atoms with E-state index < -0.39 is 0 Å². The van der Waals surface area contributed by atoms with Gasteiger partial charge in [-0.15, -0.1) is 0 Å². The molecule has 0 amide bonds. The van der Waals surface area contributed by atoms with Crippen molar-refractivity contribution >= 4 is 0 Å². The molecular weight excluding hydrogens is 237 g/mol. The lowest BCUT2D eigenvalue weighted by molar-refractivity contribution is 0.385. The molecule has 0 bridgehead atoms. The summed E-state index contributed by atoms with van der Waals surface area (Å²) in [6, 6.07) is 4.76. The molecule has 1 heterocycles. The second kappa shape index (κ2) is 5.59. The third-order valence-electron chi connectivity index (χ3n) is 2.43. The van der Waals surface area contributed by atoms with E-state index in [4.69, 9.17) is 9.26 Å². The first kappa shape index (κ1) is 12.5. The summed E-state index contributed by atoms with van der Waals surface area (Å²) in [7, 11) is 1.51. The van der Waals surface area contributed by atoms with Gasteiger partial charge < -0.3 is 14.6 Å². The fourth-order valence-corrected chi connectivity index (χ4v) is 1.52. The number of hydrogen-bond donors (Lipinski definition) is 1. The molecule has 0 saturated carbocycles. The first-order valence-corrected chi connectivity index (χ1v) is 5.51. The first-order chi connectivity index (χ1) is 8.69. The Kier molecular flexibility index (Phi) is 3.88. The van der Waals surface area contributed by atoms with Crippen LogP contribution < -0.4 is 10.1 Å². The Morgan fingerprint density at radius 1 is 1.39 bits per heavy atom. The average molecular weight is 251 g/mol. The molecule has 0 saturated heterocycles. The van der Waals surface area contributed by atoms with Gasteiger partial charge in [0.15, 0.2) is 5.82 Å². The largest absolute Gasteiger partial charge is 0.497 e. The molecule has 0 atom stereocenters. The Morgan fingerprint density at radius 2 is 2.22 bits per heavy atom. The second-order valence-corrected chi connectivity index (χ2v) is 3.79. The molecule has 1 N–H and O–H groups in total. The number of hydrogen-bond acceptors (Lipinski definition) is 5. The number of halogens is 1. The summed E-state index contributed by atoms with van der Waals surface area (Å²) in [5, 5.41) is 6.78. The molecule has 0 spiro atoms. The van der Waals surface area contributed by atoms with Crippen molar-refractivity contribution in [3.05, 3.63) is 41.3 Å². The summed E-state index contributed by atoms with van der Waals surface area (Å²) < 4.78 is 23.4. The Balaban J connectivity index is 1.90. The highest BCUT2D eigenvalue weighted by atomic mass is 19.1. The number of rotatable bonds is 5. The van der Waals surface area contributed by atoms with Gasteiger partial charge in [-0.3, -0.25) is 0 Å². The molecule has 2 aromatic rings. The van der Waals surface area contributed by atoms with E-state index in [0.29, 0.717) is 36.1 Å². The molecule has 0 fully saturated rings. The van der Waals surface area contributed by atoms with Crippen LogP contribution in [0.25, 0.3) is 0 Å². The number of aryl methyl sites for hydroxylation is 1. The highest BCUT2D eigenvalue weighted by Crippen LogP contribution is 2.15. The molecule has 5 nitrogen and oxygen atoms in total. The van der Waals surface area contributed by atoms with Crippen molar-refractivity contribution in [1.82, 2.24) is 15.5 Å². The molecule has 96 valence electrons. The standard InChI is InChI=1S/C12H14FN3O2/c1-8-15-12(16-18-8)7-14-6-9-3-4-10(17-2)5-11(9)13/h3-5,14H,6-7H2,1-2H3. The lowest BCUT2D eigenvalue weighted by Crippen LogP contribution is -2.14. The van der Waals surface area contributed by atoms with Crippen molar-refractivity contribution < 1.29 is 13.7 Å². The first-order valence-electron chi connectivity index (χ1n) is 5.51. The highest BCUT2D eigenvalue weighted by molar-refractivity contribution is 5.28. The van der Waals surface area contributed by atoms with Crippen LogP contribution in [-0.2, 0) is 13.1 Å². The molecule has 1 aromatic heterocycles. The molecule has 0 unspecified atom stereocenters. The molecule has 0 radical (unpaired) electrons. The van der Waals surface area contributed by atoms with Gasteiger partial charge in [0, 0.05) is 25.1 Å². The monoisotopic (exact) mass is 251 g/mol. The van der Waals surface area contributed by atoms with Crippen LogP contribution in [0.3, 0.4) is 0 Å². The minimum absolute atomic E-state index is 0.300. The van der Waals surface area contributed by atoms with Gasteiger partial charge in [-0.05, 0) is 6.07 Å². The number of benzene rings is 1. The van der Waals surface area contributed by atoms with Crippen molar-refractivity contribution in [2.75, 3.05) is 7.11 Å². The van der Waals surface area contributed by atoms with Crippen molar-refractivity contribution in [3.63, 3.8) is 0 Å². The van der Waals surface area contributed by atoms with Crippen molar-refractivity contribution in [3.8, 4) is 5.75 Å². The Hall–Kier alpha value is -1.95. The van der Waals surface area contributed by atoms with E-state index in [9.17, 15) is 4.39 Å². The fourth-order valence-electron chi connectivity index (χ4n) is 1.52. The van der Waals surface area contributed by atoms with Gasteiger partial charge in [0.1, 0.15) is 11.6 Å². The minimum atomic E-state index is -0.300. The van der Waals surface area contributed by atoms with E-state index in [2.05, 4.69) is 15.5 Å². The summed E-state index contributed by atoms with van der Waals surface area (Å²) >= 11 is 0. The zero-order valence-corrected chi connectivity index (χ0v) is 10.2. The molecule has 6 heteroatoms. The summed E-state index contributed by atoms with van der Waals surface area (Å²) in [6.45, 7) is 2.55.